The van der Waals surface area contributed by atoms with Gasteiger partial charge in [-0.05, 0) is 37.7 Å². The highest BCUT2D eigenvalue weighted by atomic mass is 32.2. The summed E-state index contributed by atoms with van der Waals surface area (Å²) in [6, 6.07) is 6.42. The van der Waals surface area contributed by atoms with Crippen molar-refractivity contribution in [1.82, 2.24) is 9.44 Å². The van der Waals surface area contributed by atoms with Gasteiger partial charge in [0.25, 0.3) is 0 Å². The molecule has 0 bridgehead atoms. The summed E-state index contributed by atoms with van der Waals surface area (Å²) in [7, 11) is 1.94. The fraction of sp³-hybridized carbons (Fsp3) is 0.500. The van der Waals surface area contributed by atoms with Crippen LogP contribution in [0.3, 0.4) is 0 Å². The number of hydrogen-bond donors (Lipinski definition) is 3. The molecular formula is C12H20FN3S2. The minimum Gasteiger partial charge on any atom is -0.384 e. The Hall–Kier alpha value is -0.430. The average molecular weight is 289 g/mol. The lowest BCUT2D eigenvalue weighted by atomic mass is 10.3. The molecule has 0 amide bonds. The monoisotopic (exact) mass is 289 g/mol. The van der Waals surface area contributed by atoms with E-state index in [0.29, 0.717) is 0 Å². The molecule has 0 radical (unpaired) electrons. The zero-order chi connectivity index (χ0) is 13.1. The van der Waals surface area contributed by atoms with Crippen LogP contribution in [0.4, 0.5) is 10.1 Å². The molecule has 0 spiro atoms. The van der Waals surface area contributed by atoms with E-state index in [9.17, 15) is 4.39 Å². The summed E-state index contributed by atoms with van der Waals surface area (Å²) >= 11 is 3.49. The molecule has 102 valence electrons. The Morgan fingerprint density at radius 2 is 1.78 bits per heavy atom. The van der Waals surface area contributed by atoms with E-state index in [1.54, 1.807) is 36.0 Å². The van der Waals surface area contributed by atoms with Crippen LogP contribution in [0.25, 0.3) is 0 Å². The van der Waals surface area contributed by atoms with Crippen molar-refractivity contribution >= 4 is 29.6 Å². The minimum absolute atomic E-state index is 0.200. The van der Waals surface area contributed by atoms with Crippen molar-refractivity contribution in [3.63, 3.8) is 0 Å². The van der Waals surface area contributed by atoms with E-state index in [1.165, 1.54) is 18.6 Å². The van der Waals surface area contributed by atoms with Gasteiger partial charge in [-0.25, -0.2) is 4.39 Å². The van der Waals surface area contributed by atoms with E-state index >= 15 is 0 Å². The van der Waals surface area contributed by atoms with E-state index in [0.717, 1.165) is 30.3 Å². The second kappa shape index (κ2) is 10.5. The van der Waals surface area contributed by atoms with Gasteiger partial charge in [-0.1, -0.05) is 23.9 Å². The van der Waals surface area contributed by atoms with Crippen LogP contribution in [0.2, 0.25) is 0 Å². The summed E-state index contributed by atoms with van der Waals surface area (Å²) in [5.41, 5.74) is 0.952. The lowest BCUT2D eigenvalue weighted by molar-refractivity contribution is 0.628. The Morgan fingerprint density at radius 1 is 1.06 bits per heavy atom. The fourth-order valence-electron chi connectivity index (χ4n) is 1.28. The van der Waals surface area contributed by atoms with Crippen LogP contribution in [-0.2, 0) is 0 Å². The molecule has 18 heavy (non-hydrogen) atoms. The van der Waals surface area contributed by atoms with E-state index < -0.39 is 0 Å². The summed E-state index contributed by atoms with van der Waals surface area (Å²) in [5.74, 6) is 2.05. The highest BCUT2D eigenvalue weighted by Gasteiger charge is 1.93. The molecule has 0 heterocycles. The molecular weight excluding hydrogens is 269 g/mol. The maximum Gasteiger partial charge on any atom is 0.123 e. The number of rotatable bonds is 10. The Labute approximate surface area is 117 Å². The SMILES string of the molecule is CNSCCCSNCCNc1ccc(F)cc1. The van der Waals surface area contributed by atoms with Crippen LogP contribution >= 0.6 is 23.9 Å². The molecule has 0 unspecified atom stereocenters. The molecule has 0 saturated heterocycles. The second-order valence-corrected chi connectivity index (χ2v) is 5.67. The molecule has 3 N–H and O–H groups in total. The molecule has 0 aliphatic rings. The predicted molar refractivity (Wildman–Crippen MR) is 81.5 cm³/mol. The fourth-order valence-corrected chi connectivity index (χ4v) is 2.63. The molecule has 3 nitrogen and oxygen atoms in total. The molecule has 0 aromatic heterocycles. The van der Waals surface area contributed by atoms with E-state index in [-0.39, 0.29) is 5.82 Å². The van der Waals surface area contributed by atoms with Crippen molar-refractivity contribution in [2.24, 2.45) is 0 Å². The van der Waals surface area contributed by atoms with E-state index in [2.05, 4.69) is 14.8 Å². The van der Waals surface area contributed by atoms with Crippen molar-refractivity contribution < 1.29 is 4.39 Å². The summed E-state index contributed by atoms with van der Waals surface area (Å²) in [5, 5.41) is 3.23. The summed E-state index contributed by atoms with van der Waals surface area (Å²) in [4.78, 5) is 0. The largest absolute Gasteiger partial charge is 0.384 e. The van der Waals surface area contributed by atoms with Gasteiger partial charge in [-0.3, -0.25) is 9.44 Å². The van der Waals surface area contributed by atoms with Crippen molar-refractivity contribution in [2.45, 2.75) is 6.42 Å². The molecule has 0 aliphatic heterocycles. The van der Waals surface area contributed by atoms with Crippen molar-refractivity contribution in [2.75, 3.05) is 37.0 Å². The quantitative estimate of drug-likeness (QED) is 0.456. The maximum atomic E-state index is 12.7. The van der Waals surface area contributed by atoms with Gasteiger partial charge in [0.05, 0.1) is 0 Å². The lowest BCUT2D eigenvalue weighted by Crippen LogP contribution is -2.16. The number of anilines is 1. The molecule has 1 rings (SSSR count). The Morgan fingerprint density at radius 3 is 2.50 bits per heavy atom. The van der Waals surface area contributed by atoms with E-state index in [4.69, 9.17) is 0 Å². The maximum absolute atomic E-state index is 12.7. The zero-order valence-corrected chi connectivity index (χ0v) is 12.2. The van der Waals surface area contributed by atoms with Crippen molar-refractivity contribution in [1.29, 1.82) is 0 Å². The molecule has 0 atom stereocenters. The predicted octanol–water partition coefficient (Wildman–Crippen LogP) is 2.73. The number of benzene rings is 1. The third kappa shape index (κ3) is 7.81. The average Bonchev–Trinajstić information content (AvgIpc) is 2.39. The Balaban J connectivity index is 1.91. The Kier molecular flexibility index (Phi) is 9.11. The summed E-state index contributed by atoms with van der Waals surface area (Å²) in [6.45, 7) is 1.73. The molecule has 6 heteroatoms. The second-order valence-electron chi connectivity index (χ2n) is 3.58. The van der Waals surface area contributed by atoms with Crippen molar-refractivity contribution in [3.8, 4) is 0 Å². The van der Waals surface area contributed by atoms with Gasteiger partial charge in [0, 0.05) is 30.3 Å². The minimum atomic E-state index is -0.200. The van der Waals surface area contributed by atoms with Gasteiger partial charge >= 0.3 is 0 Å². The molecule has 0 fully saturated rings. The van der Waals surface area contributed by atoms with Crippen LogP contribution in [0.5, 0.6) is 0 Å². The summed E-state index contributed by atoms with van der Waals surface area (Å²) < 4.78 is 19.0. The number of nitrogens with one attached hydrogen (secondary N) is 3. The third-order valence-corrected chi connectivity index (χ3v) is 3.82. The first-order valence-corrected chi connectivity index (χ1v) is 7.92. The Bertz CT molecular complexity index is 309. The van der Waals surface area contributed by atoms with Crippen LogP contribution < -0.4 is 14.8 Å². The van der Waals surface area contributed by atoms with Crippen molar-refractivity contribution in [3.05, 3.63) is 30.1 Å². The van der Waals surface area contributed by atoms with Gasteiger partial charge in [0.1, 0.15) is 5.82 Å². The number of halogens is 1. The van der Waals surface area contributed by atoms with Gasteiger partial charge < -0.3 is 5.32 Å². The van der Waals surface area contributed by atoms with Gasteiger partial charge in [-0.15, -0.1) is 0 Å². The number of hydrogen-bond acceptors (Lipinski definition) is 5. The van der Waals surface area contributed by atoms with Crippen LogP contribution in [0.15, 0.2) is 24.3 Å². The molecule has 0 aliphatic carbocycles. The molecule has 0 saturated carbocycles. The van der Waals surface area contributed by atoms with Gasteiger partial charge in [0.2, 0.25) is 0 Å². The normalized spacial score (nSPS) is 10.6. The first-order valence-electron chi connectivity index (χ1n) is 5.95. The van der Waals surface area contributed by atoms with E-state index in [1.807, 2.05) is 7.05 Å². The van der Waals surface area contributed by atoms with Gasteiger partial charge in [-0.2, -0.15) is 0 Å². The standard InChI is InChI=1S/C12H20FN3S2/c1-14-17-9-2-10-18-16-8-7-15-12-5-3-11(13)4-6-12/h3-6,14-16H,2,7-10H2,1H3. The highest BCUT2D eigenvalue weighted by molar-refractivity contribution is 7.98. The molecule has 1 aromatic rings. The molecule has 1 aromatic carbocycles. The third-order valence-electron chi connectivity index (χ3n) is 2.14. The van der Waals surface area contributed by atoms with Gasteiger partial charge in [0.15, 0.2) is 0 Å². The zero-order valence-electron chi connectivity index (χ0n) is 10.5. The summed E-state index contributed by atoms with van der Waals surface area (Å²) in [6.07, 6.45) is 1.19. The van der Waals surface area contributed by atoms with Crippen LogP contribution in [-0.4, -0.2) is 31.6 Å². The smallest absolute Gasteiger partial charge is 0.123 e. The van der Waals surface area contributed by atoms with Crippen LogP contribution in [0, 0.1) is 5.82 Å². The van der Waals surface area contributed by atoms with Crippen LogP contribution in [0.1, 0.15) is 6.42 Å². The highest BCUT2D eigenvalue weighted by Crippen LogP contribution is 2.07. The lowest BCUT2D eigenvalue weighted by Gasteiger charge is -2.07. The topological polar surface area (TPSA) is 36.1 Å². The first kappa shape index (κ1) is 15.6. The first-order chi connectivity index (χ1) is 8.83.